The number of pyridine rings is 1. The first-order valence-corrected chi connectivity index (χ1v) is 45.8. The molecule has 4 saturated heterocycles. The van der Waals surface area contributed by atoms with Gasteiger partial charge in [0.25, 0.3) is 5.56 Å². The maximum atomic E-state index is 12.9. The molecule has 0 bridgehead atoms. The Hall–Kier alpha value is -12.1. The van der Waals surface area contributed by atoms with E-state index in [1.165, 1.54) is 34.0 Å². The third kappa shape index (κ3) is 17.1. The summed E-state index contributed by atoms with van der Waals surface area (Å²) in [5.74, 6) is 4.51. The summed E-state index contributed by atoms with van der Waals surface area (Å²) in [6, 6.07) is 40.4. The van der Waals surface area contributed by atoms with E-state index in [1.807, 2.05) is 121 Å². The van der Waals surface area contributed by atoms with E-state index < -0.39 is 66.1 Å². The minimum absolute atomic E-state index is 0.0251. The molecule has 12 aliphatic heterocycles. The molecule has 16 unspecified atom stereocenters. The largest absolute Gasteiger partial charge is 0.494 e. The van der Waals surface area contributed by atoms with Gasteiger partial charge in [-0.3, -0.25) is 58.1 Å². The molecule has 30 nitrogen and oxygen atoms in total. The lowest BCUT2D eigenvalue weighted by Crippen LogP contribution is -2.51. The van der Waals surface area contributed by atoms with Crippen molar-refractivity contribution in [3.05, 3.63) is 269 Å². The number of rotatable bonds is 20. The van der Waals surface area contributed by atoms with E-state index in [9.17, 15) is 49.2 Å². The molecule has 4 aliphatic carbocycles. The van der Waals surface area contributed by atoms with Crippen molar-refractivity contribution in [2.75, 3.05) is 60.0 Å². The highest BCUT2D eigenvalue weighted by Gasteiger charge is 2.56. The number of esters is 4. The van der Waals surface area contributed by atoms with Crippen LogP contribution in [0.15, 0.2) is 196 Å². The summed E-state index contributed by atoms with van der Waals surface area (Å²) < 4.78 is 75.3. The van der Waals surface area contributed by atoms with Crippen molar-refractivity contribution >= 4 is 23.9 Å². The predicted octanol–water partition coefficient (Wildman–Crippen LogP) is 9.75. The van der Waals surface area contributed by atoms with Gasteiger partial charge in [-0.15, -0.1) is 0 Å². The number of ether oxygens (including phenoxy) is 13. The lowest BCUT2D eigenvalue weighted by molar-refractivity contribution is -0.158. The van der Waals surface area contributed by atoms with Gasteiger partial charge in [0.2, 0.25) is 27.2 Å². The van der Waals surface area contributed by atoms with Crippen LogP contribution in [0.2, 0.25) is 0 Å². The molecule has 0 radical (unpaired) electrons. The second-order valence-electron chi connectivity index (χ2n) is 36.5. The van der Waals surface area contributed by atoms with Gasteiger partial charge in [-0.05, 0) is 193 Å². The molecule has 16 atom stereocenters. The number of aliphatic hydroxyl groups is 4. The number of aryl methyl sites for hydroxylation is 3. The fraction of sp³-hybridized carbons (Fsp3) is 0.436. The van der Waals surface area contributed by atoms with Gasteiger partial charge in [0, 0.05) is 144 Å². The number of carbonyl (C=O) groups excluding carboxylic acids is 4. The van der Waals surface area contributed by atoms with Gasteiger partial charge >= 0.3 is 29.6 Å². The van der Waals surface area contributed by atoms with Gasteiger partial charge in [-0.2, -0.15) is 0 Å². The lowest BCUT2D eigenvalue weighted by atomic mass is 9.73. The number of carbonyl (C=O) groups is 4. The van der Waals surface area contributed by atoms with Crippen molar-refractivity contribution in [1.29, 1.82) is 0 Å². The van der Waals surface area contributed by atoms with E-state index in [2.05, 4.69) is 47.8 Å². The molecule has 131 heavy (non-hydrogen) atoms. The Bertz CT molecular complexity index is 5980. The summed E-state index contributed by atoms with van der Waals surface area (Å²) in [5.41, 5.74) is 15.1. The third-order valence-corrected chi connectivity index (χ3v) is 28.6. The highest BCUT2D eigenvalue weighted by molar-refractivity contribution is 5.72. The Morgan fingerprint density at radius 2 is 0.779 bits per heavy atom. The zero-order chi connectivity index (χ0) is 89.2. The van der Waals surface area contributed by atoms with E-state index >= 15 is 0 Å². The zero-order valence-electron chi connectivity index (χ0n) is 72.6. The van der Waals surface area contributed by atoms with Gasteiger partial charge in [-0.25, -0.2) is 4.79 Å². The predicted molar refractivity (Wildman–Crippen MR) is 471 cm³/mol. The number of unbranched alkanes of at least 4 members (excludes halogenated alkanes) is 2. The number of hydrogen-bond acceptors (Lipinski definition) is 28. The minimum Gasteiger partial charge on any atom is -0.494 e. The number of aromatic amines is 1. The average molecular weight is 1780 g/mol. The number of nitrogens with zero attached hydrogens (tertiary/aromatic N) is 6. The van der Waals surface area contributed by atoms with Gasteiger partial charge < -0.3 is 82.0 Å². The van der Waals surface area contributed by atoms with Gasteiger partial charge in [0.05, 0.1) is 6.61 Å². The van der Waals surface area contributed by atoms with E-state index in [0.29, 0.717) is 49.4 Å². The molecule has 5 N–H and O–H groups in total. The van der Waals surface area contributed by atoms with Crippen LogP contribution < -0.4 is 53.9 Å². The SMILES string of the molecule is Cc1cn(CC(=O)OC2C(O)C=C3CCN4Cc5cc6c(cc5C2C34)OCO6)c(=O)[nH]c1=O.O=C(CCCCOc1ccccc1)OC1C(O)C=C2CCN3Cc4cc5c(cc4C1C23)OCO5.O=C(CCCCc1ccccc1)OC1C(O)C=C2CCN3Cc4cc5c(cc4C1C23)OCO5.O=C(CCc1cccnc1)OC1C(O)C=C2CCN3Cc4cc5c(cc4C1C23)OCO5. The number of hydrogen-bond donors (Lipinski definition) is 5. The summed E-state index contributed by atoms with van der Waals surface area (Å²) in [4.78, 5) is 90.8. The first kappa shape index (κ1) is 85.6. The number of nitrogens with one attached hydrogen (secondary N) is 1. The van der Waals surface area contributed by atoms with E-state index in [4.69, 9.17) is 61.6 Å². The van der Waals surface area contributed by atoms with Crippen LogP contribution in [0.3, 0.4) is 0 Å². The summed E-state index contributed by atoms with van der Waals surface area (Å²) >= 11 is 0. The second kappa shape index (κ2) is 36.6. The fourth-order valence-corrected chi connectivity index (χ4v) is 22.7. The second-order valence-corrected chi connectivity index (χ2v) is 36.5. The zero-order valence-corrected chi connectivity index (χ0v) is 72.6. The molecule has 6 aromatic carbocycles. The summed E-state index contributed by atoms with van der Waals surface area (Å²) in [7, 11) is 0. The summed E-state index contributed by atoms with van der Waals surface area (Å²) in [6.07, 6.45) is 15.4. The van der Waals surface area contributed by atoms with Gasteiger partial charge in [0.1, 0.15) is 61.1 Å². The maximum Gasteiger partial charge on any atom is 0.328 e. The maximum absolute atomic E-state index is 12.9. The summed E-state index contributed by atoms with van der Waals surface area (Å²) in [5, 5.41) is 43.9. The van der Waals surface area contributed by atoms with Crippen molar-refractivity contribution in [2.45, 2.75) is 220 Å². The van der Waals surface area contributed by atoms with Gasteiger partial charge in [-0.1, -0.05) is 101 Å². The number of H-pyrrole nitrogens is 1. The van der Waals surface area contributed by atoms with Crippen molar-refractivity contribution < 1.29 is 101 Å². The molecule has 2 aromatic heterocycles. The molecule has 0 saturated carbocycles. The molecular weight excluding hydrogens is 1680 g/mol. The highest BCUT2D eigenvalue weighted by Crippen LogP contribution is 2.56. The summed E-state index contributed by atoms with van der Waals surface area (Å²) in [6.45, 7) is 9.47. The number of benzene rings is 6. The molecule has 30 heteroatoms. The topological polar surface area (TPSA) is 350 Å². The molecule has 24 rings (SSSR count). The highest BCUT2D eigenvalue weighted by atomic mass is 16.7. The number of aromatic nitrogens is 3. The molecule has 682 valence electrons. The molecular formula is C101H105N7O23. The van der Waals surface area contributed by atoms with Crippen LogP contribution in [0.25, 0.3) is 0 Å². The van der Waals surface area contributed by atoms with Crippen LogP contribution >= 0.6 is 0 Å². The minimum atomic E-state index is -0.976. The Morgan fingerprint density at radius 1 is 0.420 bits per heavy atom. The molecule has 4 fully saturated rings. The van der Waals surface area contributed by atoms with Crippen LogP contribution in [-0.4, -0.2) is 211 Å². The number of para-hydroxylation sites is 1. The smallest absolute Gasteiger partial charge is 0.328 e. The molecule has 16 aliphatic rings. The number of fused-ring (bicyclic) bond motifs is 12. The number of aliphatic hydroxyl groups excluding tert-OH is 4. The van der Waals surface area contributed by atoms with E-state index in [0.717, 1.165) is 199 Å². The van der Waals surface area contributed by atoms with Crippen LogP contribution in [-0.2, 0) is 83.7 Å². The van der Waals surface area contributed by atoms with Crippen molar-refractivity contribution in [2.24, 2.45) is 0 Å². The third-order valence-electron chi connectivity index (χ3n) is 28.6. The Labute approximate surface area is 755 Å². The van der Waals surface area contributed by atoms with Crippen LogP contribution in [0.1, 0.15) is 155 Å². The molecule has 8 aromatic rings. The van der Waals surface area contributed by atoms with Crippen molar-refractivity contribution in [3.63, 3.8) is 0 Å². The first-order chi connectivity index (χ1) is 63.9. The van der Waals surface area contributed by atoms with Crippen molar-refractivity contribution in [1.82, 2.24) is 34.1 Å². The lowest BCUT2D eigenvalue weighted by Gasteiger charge is -2.45. The molecule has 0 spiro atoms. The monoisotopic (exact) mass is 1780 g/mol. The Balaban J connectivity index is 0.000000106. The Morgan fingerprint density at radius 3 is 1.17 bits per heavy atom. The Kier molecular flexibility index (Phi) is 23.9. The van der Waals surface area contributed by atoms with Crippen LogP contribution in [0.5, 0.6) is 51.7 Å². The fourth-order valence-electron chi connectivity index (χ4n) is 22.7. The van der Waals surface area contributed by atoms with Crippen molar-refractivity contribution in [3.8, 4) is 51.7 Å². The quantitative estimate of drug-likeness (QED) is 0.0205. The average Bonchev–Trinajstić information content (AvgIpc) is 1.57. The molecule has 0 amide bonds. The first-order valence-electron chi connectivity index (χ1n) is 45.8. The van der Waals surface area contributed by atoms with E-state index in [-0.39, 0.29) is 106 Å². The van der Waals surface area contributed by atoms with Gasteiger partial charge in [0.15, 0.2) is 46.0 Å². The normalized spacial score (nSPS) is 27.1. The van der Waals surface area contributed by atoms with Crippen LogP contribution in [0.4, 0.5) is 0 Å². The standard InChI is InChI=1S/C27H29NO6.C27H29NO5.C24H24N2O5.C23H23N3O7/c29-21-12-17-9-10-28-15-18-13-22-23(33-16-32-22)14-20(18)25(26(17)28)27(21)34-24(30)8-4-5-11-31-19-6-2-1-3-7-19;29-21-12-18-10-11-28-15-19-13-22-23(32-16-31-22)14-20(19)25(26(18)28)27(21)33-24(30)9-5-4-8-17-6-2-1-3-7-17;27-18-8-15-5-7-26-12-16-9-19-20(30-13-29-19)10-17(16)22(23(15)26)24(18)31-21(28)4-3-14-2-1-6-25-11-14;1-11-7-26(23(30)24-22(11)29)9-18(28)33-21-15(27)4-12-2-3-25-8-13-5-16-17(32-10-31-16)6-14(13)19(21)20(12)25/h1-3,6-7,12-14,21,25-27,29H,4-5,8-11,15-16H2;1-3,6-7,12-14,21,25-27,29H,4-5,8-11,15-16H2;1-2,6,8-11,18,22-24,27H,3-5,7,12-13H2;4-7,15,19-21,27H,2-3,8-10H2,1H3,(H,24,29,30). The molecule has 14 heterocycles. The van der Waals surface area contributed by atoms with Crippen LogP contribution in [0, 0.1) is 6.92 Å². The van der Waals surface area contributed by atoms with E-state index in [1.54, 1.807) is 25.4 Å².